The predicted molar refractivity (Wildman–Crippen MR) is 33.5 cm³/mol. The molecule has 3 nitrogen and oxygen atoms in total. The van der Waals surface area contributed by atoms with E-state index in [1.165, 1.54) is 0 Å². The molecule has 1 rings (SSSR count). The molecule has 1 fully saturated rings. The van der Waals surface area contributed by atoms with Crippen LogP contribution in [0.3, 0.4) is 0 Å². The van der Waals surface area contributed by atoms with Crippen molar-refractivity contribution in [3.05, 3.63) is 0 Å². The molecule has 1 heterocycles. The molecular weight excluding hydrogens is 137 g/mol. The lowest BCUT2D eigenvalue weighted by Gasteiger charge is -2.09. The topological polar surface area (TPSA) is 49.3 Å². The molecule has 0 spiro atoms. The molecule has 1 saturated heterocycles. The van der Waals surface area contributed by atoms with Crippen LogP contribution in [0.1, 0.15) is 6.92 Å². The monoisotopic (exact) mass is 147 g/mol. The smallest absolute Gasteiger partial charge is 0.321 e. The Morgan fingerprint density at radius 2 is 2.40 bits per heavy atom. The minimum Gasteiger partial charge on any atom is -0.480 e. The van der Waals surface area contributed by atoms with E-state index in [4.69, 9.17) is 5.11 Å². The van der Waals surface area contributed by atoms with Crippen molar-refractivity contribution in [2.45, 2.75) is 19.1 Å². The van der Waals surface area contributed by atoms with E-state index in [9.17, 15) is 9.18 Å². The van der Waals surface area contributed by atoms with Gasteiger partial charge in [-0.05, 0) is 0 Å². The van der Waals surface area contributed by atoms with Crippen LogP contribution in [0.25, 0.3) is 0 Å². The largest absolute Gasteiger partial charge is 0.480 e. The van der Waals surface area contributed by atoms with Gasteiger partial charge in [0.05, 0.1) is 0 Å². The van der Waals surface area contributed by atoms with Gasteiger partial charge >= 0.3 is 5.97 Å². The number of aliphatic carboxylic acids is 1. The molecule has 0 aromatic carbocycles. The summed E-state index contributed by atoms with van der Waals surface area (Å²) in [6.07, 6.45) is -1.01. The zero-order valence-electron chi connectivity index (χ0n) is 5.67. The number of hydrogen-bond acceptors (Lipinski definition) is 2. The van der Waals surface area contributed by atoms with Crippen molar-refractivity contribution in [3.63, 3.8) is 0 Å². The quantitative estimate of drug-likeness (QED) is 0.549. The highest BCUT2D eigenvalue weighted by molar-refractivity contribution is 5.74. The fourth-order valence-electron chi connectivity index (χ4n) is 1.13. The van der Waals surface area contributed by atoms with E-state index in [2.05, 4.69) is 5.32 Å². The Morgan fingerprint density at radius 3 is 2.60 bits per heavy atom. The maximum atomic E-state index is 12.6. The number of hydrogen-bond donors (Lipinski definition) is 2. The van der Waals surface area contributed by atoms with Gasteiger partial charge in [-0.15, -0.1) is 0 Å². The second-order valence-electron chi connectivity index (χ2n) is 2.60. The standard InChI is InChI=1S/C6H10FNO2/c1-3-4(7)2-8-5(3)6(9)10/h3-5,8H,2H2,1H3,(H,9,10)/t3-,4-,5+/m1/s1. The van der Waals surface area contributed by atoms with Crippen LogP contribution in [0.4, 0.5) is 4.39 Å². The third-order valence-corrected chi connectivity index (χ3v) is 1.90. The van der Waals surface area contributed by atoms with E-state index < -0.39 is 24.1 Å². The third kappa shape index (κ3) is 1.11. The van der Waals surface area contributed by atoms with Crippen molar-refractivity contribution >= 4 is 5.97 Å². The Labute approximate surface area is 58.2 Å². The van der Waals surface area contributed by atoms with Gasteiger partial charge in [0.15, 0.2) is 0 Å². The fraction of sp³-hybridized carbons (Fsp3) is 0.833. The average molecular weight is 147 g/mol. The van der Waals surface area contributed by atoms with Crippen molar-refractivity contribution < 1.29 is 14.3 Å². The molecule has 0 unspecified atom stereocenters. The van der Waals surface area contributed by atoms with Gasteiger partial charge in [0, 0.05) is 12.5 Å². The first-order chi connectivity index (χ1) is 4.63. The van der Waals surface area contributed by atoms with Crippen LogP contribution in [-0.4, -0.2) is 29.8 Å². The highest BCUT2D eigenvalue weighted by Crippen LogP contribution is 2.18. The summed E-state index contributed by atoms with van der Waals surface area (Å²) in [4.78, 5) is 10.3. The Bertz CT molecular complexity index is 151. The molecule has 0 radical (unpaired) electrons. The number of alkyl halides is 1. The third-order valence-electron chi connectivity index (χ3n) is 1.90. The van der Waals surface area contributed by atoms with E-state index in [1.54, 1.807) is 6.92 Å². The summed E-state index contributed by atoms with van der Waals surface area (Å²) in [5, 5.41) is 11.1. The summed E-state index contributed by atoms with van der Waals surface area (Å²) in [5.41, 5.74) is 0. The molecule has 0 aliphatic carbocycles. The van der Waals surface area contributed by atoms with Crippen molar-refractivity contribution in [2.24, 2.45) is 5.92 Å². The zero-order valence-corrected chi connectivity index (χ0v) is 5.67. The number of carbonyl (C=O) groups is 1. The van der Waals surface area contributed by atoms with Crippen LogP contribution < -0.4 is 5.32 Å². The van der Waals surface area contributed by atoms with Crippen LogP contribution in [0.15, 0.2) is 0 Å². The van der Waals surface area contributed by atoms with Gasteiger partial charge in [-0.1, -0.05) is 6.92 Å². The molecule has 0 aromatic rings. The van der Waals surface area contributed by atoms with Crippen molar-refractivity contribution in [3.8, 4) is 0 Å². The SMILES string of the molecule is C[C@@H]1[C@H](F)CN[C@@H]1C(=O)O. The lowest BCUT2D eigenvalue weighted by molar-refractivity contribution is -0.140. The maximum Gasteiger partial charge on any atom is 0.321 e. The van der Waals surface area contributed by atoms with Gasteiger partial charge in [-0.3, -0.25) is 4.79 Å². The van der Waals surface area contributed by atoms with Gasteiger partial charge in [-0.25, -0.2) is 4.39 Å². The van der Waals surface area contributed by atoms with E-state index in [-0.39, 0.29) is 6.54 Å². The molecular formula is C6H10FNO2. The molecule has 4 heteroatoms. The van der Waals surface area contributed by atoms with Crippen LogP contribution >= 0.6 is 0 Å². The second-order valence-corrected chi connectivity index (χ2v) is 2.60. The summed E-state index contributed by atoms with van der Waals surface area (Å²) in [7, 11) is 0. The highest BCUT2D eigenvalue weighted by atomic mass is 19.1. The molecule has 1 aliphatic rings. The minimum absolute atomic E-state index is 0.165. The normalized spacial score (nSPS) is 40.0. The first-order valence-electron chi connectivity index (χ1n) is 3.23. The van der Waals surface area contributed by atoms with Crippen LogP contribution in [-0.2, 0) is 4.79 Å². The van der Waals surface area contributed by atoms with Gasteiger partial charge in [0.1, 0.15) is 12.2 Å². The summed E-state index contributed by atoms with van der Waals surface area (Å²) in [5.74, 6) is -1.37. The van der Waals surface area contributed by atoms with Gasteiger partial charge in [-0.2, -0.15) is 0 Å². The number of rotatable bonds is 1. The molecule has 58 valence electrons. The summed E-state index contributed by atoms with van der Waals surface area (Å²) < 4.78 is 12.6. The fourth-order valence-corrected chi connectivity index (χ4v) is 1.13. The Kier molecular flexibility index (Phi) is 1.89. The first-order valence-corrected chi connectivity index (χ1v) is 3.23. The summed E-state index contributed by atoms with van der Waals surface area (Å²) in [6.45, 7) is 1.77. The average Bonchev–Trinajstić information content (AvgIpc) is 2.14. The molecule has 2 N–H and O–H groups in total. The lowest BCUT2D eigenvalue weighted by Crippen LogP contribution is -2.34. The Morgan fingerprint density at radius 1 is 1.80 bits per heavy atom. The molecule has 0 saturated carbocycles. The Hall–Kier alpha value is -0.640. The van der Waals surface area contributed by atoms with E-state index in [0.29, 0.717) is 0 Å². The zero-order chi connectivity index (χ0) is 7.72. The molecule has 0 amide bonds. The maximum absolute atomic E-state index is 12.6. The highest BCUT2D eigenvalue weighted by Gasteiger charge is 2.36. The van der Waals surface area contributed by atoms with E-state index in [1.807, 2.05) is 0 Å². The first kappa shape index (κ1) is 7.47. The van der Waals surface area contributed by atoms with Crippen molar-refractivity contribution in [2.75, 3.05) is 6.54 Å². The van der Waals surface area contributed by atoms with Gasteiger partial charge < -0.3 is 10.4 Å². The summed E-state index contributed by atoms with van der Waals surface area (Å²) >= 11 is 0. The molecule has 10 heavy (non-hydrogen) atoms. The number of carboxylic acid groups (broad SMARTS) is 1. The molecule has 0 aromatic heterocycles. The molecule has 3 atom stereocenters. The van der Waals surface area contributed by atoms with Crippen molar-refractivity contribution in [1.29, 1.82) is 0 Å². The second kappa shape index (κ2) is 2.54. The molecule has 1 aliphatic heterocycles. The number of halogens is 1. The lowest BCUT2D eigenvalue weighted by atomic mass is 10.0. The molecule has 0 bridgehead atoms. The Balaban J connectivity index is 2.57. The predicted octanol–water partition coefficient (Wildman–Crippen LogP) is 0.0170. The number of nitrogens with one attached hydrogen (secondary N) is 1. The van der Waals surface area contributed by atoms with Crippen LogP contribution in [0.2, 0.25) is 0 Å². The summed E-state index contributed by atoms with van der Waals surface area (Å²) in [6, 6.07) is -0.699. The van der Waals surface area contributed by atoms with Crippen molar-refractivity contribution in [1.82, 2.24) is 5.32 Å². The van der Waals surface area contributed by atoms with Gasteiger partial charge in [0.25, 0.3) is 0 Å². The van der Waals surface area contributed by atoms with Crippen LogP contribution in [0.5, 0.6) is 0 Å². The van der Waals surface area contributed by atoms with E-state index >= 15 is 0 Å². The van der Waals surface area contributed by atoms with E-state index in [0.717, 1.165) is 0 Å². The minimum atomic E-state index is -1.01. The van der Waals surface area contributed by atoms with Crippen LogP contribution in [0, 0.1) is 5.92 Å². The van der Waals surface area contributed by atoms with Gasteiger partial charge in [0.2, 0.25) is 0 Å². The number of carboxylic acids is 1.